The van der Waals surface area contributed by atoms with Crippen LogP contribution in [0.3, 0.4) is 0 Å². The highest BCUT2D eigenvalue weighted by atomic mass is 16.5. The number of aromatic hydroxyl groups is 1. The van der Waals surface area contributed by atoms with E-state index in [1.807, 2.05) is 24.3 Å². The number of carbonyl (C=O) groups excluding carboxylic acids is 2. The molecule has 0 radical (unpaired) electrons. The van der Waals surface area contributed by atoms with Gasteiger partial charge in [0.05, 0.1) is 18.4 Å². The smallest absolute Gasteiger partial charge is 0.313 e. The van der Waals surface area contributed by atoms with E-state index >= 15 is 0 Å². The Morgan fingerprint density at radius 2 is 2.00 bits per heavy atom. The monoisotopic (exact) mass is 377 g/mol. The van der Waals surface area contributed by atoms with Crippen LogP contribution in [0.4, 0.5) is 5.69 Å². The van der Waals surface area contributed by atoms with Crippen molar-refractivity contribution in [1.82, 2.24) is 0 Å². The first kappa shape index (κ1) is 18.3. The number of cyclic esters (lactones) is 1. The van der Waals surface area contributed by atoms with E-state index in [1.54, 1.807) is 24.3 Å². The molecule has 1 amide bonds. The number of benzene rings is 2. The van der Waals surface area contributed by atoms with Crippen LogP contribution in [0.25, 0.3) is 0 Å². The number of fused-ring (bicyclic) bond motifs is 1. The molecule has 0 spiro atoms. The van der Waals surface area contributed by atoms with Crippen LogP contribution in [-0.2, 0) is 27.2 Å². The number of carbonyl (C=O) groups is 2. The van der Waals surface area contributed by atoms with Crippen LogP contribution in [0, 0.1) is 11.3 Å². The minimum atomic E-state index is -0.475. The molecule has 0 aromatic heterocycles. The fourth-order valence-corrected chi connectivity index (χ4v) is 4.39. The first-order valence-electron chi connectivity index (χ1n) is 9.45. The van der Waals surface area contributed by atoms with E-state index in [9.17, 15) is 14.7 Å². The zero-order chi connectivity index (χ0) is 19.7. The third kappa shape index (κ3) is 3.52. The molecule has 1 aliphatic heterocycles. The van der Waals surface area contributed by atoms with Gasteiger partial charge in [0.2, 0.25) is 5.91 Å². The van der Waals surface area contributed by atoms with Gasteiger partial charge in [-0.1, -0.05) is 36.4 Å². The van der Waals surface area contributed by atoms with Gasteiger partial charge in [-0.3, -0.25) is 9.59 Å². The second-order valence-electron chi connectivity index (χ2n) is 7.85. The standard InChI is InChI=1S/C23H23NO4/c1-15-9-18-14-28-22(27)23(18,12-15)13-16-5-7-19(8-6-16)24-21(26)11-17-3-2-4-20(25)10-17/h2-8,10,18,25H,1,9,11-14H2,(H,24,26)/t18-,23+/m1/s1. The number of nitrogens with one attached hydrogen (secondary N) is 1. The lowest BCUT2D eigenvalue weighted by atomic mass is 9.75. The lowest BCUT2D eigenvalue weighted by molar-refractivity contribution is -0.146. The zero-order valence-corrected chi connectivity index (χ0v) is 15.6. The molecule has 1 saturated heterocycles. The quantitative estimate of drug-likeness (QED) is 0.616. The number of phenols is 1. The number of phenolic OH excluding ortho intramolecular Hbond substituents is 1. The number of anilines is 1. The lowest BCUT2D eigenvalue weighted by Gasteiger charge is -2.24. The Morgan fingerprint density at radius 3 is 2.75 bits per heavy atom. The van der Waals surface area contributed by atoms with Gasteiger partial charge in [-0.25, -0.2) is 0 Å². The molecule has 2 aliphatic rings. The van der Waals surface area contributed by atoms with E-state index in [0.717, 1.165) is 23.1 Å². The van der Waals surface area contributed by atoms with Gasteiger partial charge in [0.15, 0.2) is 0 Å². The average molecular weight is 377 g/mol. The molecule has 5 nitrogen and oxygen atoms in total. The molecule has 144 valence electrons. The first-order valence-corrected chi connectivity index (χ1v) is 9.45. The highest BCUT2D eigenvalue weighted by Gasteiger charge is 2.55. The van der Waals surface area contributed by atoms with Crippen LogP contribution in [0.1, 0.15) is 24.0 Å². The van der Waals surface area contributed by atoms with E-state index < -0.39 is 5.41 Å². The van der Waals surface area contributed by atoms with E-state index in [1.165, 1.54) is 0 Å². The molecule has 1 saturated carbocycles. The van der Waals surface area contributed by atoms with Gasteiger partial charge in [0.25, 0.3) is 0 Å². The average Bonchev–Trinajstić information content (AvgIpc) is 3.11. The Hall–Kier alpha value is -3.08. The number of esters is 1. The predicted octanol–water partition coefficient (Wildman–Crippen LogP) is 3.63. The number of ether oxygens (including phenoxy) is 1. The summed E-state index contributed by atoms with van der Waals surface area (Å²) in [6.45, 7) is 4.56. The van der Waals surface area contributed by atoms with Crippen molar-refractivity contribution in [3.05, 3.63) is 71.8 Å². The van der Waals surface area contributed by atoms with E-state index in [-0.39, 0.29) is 30.0 Å². The molecule has 2 aromatic rings. The summed E-state index contributed by atoms with van der Waals surface area (Å²) in [4.78, 5) is 24.6. The van der Waals surface area contributed by atoms with Gasteiger partial charge >= 0.3 is 5.97 Å². The van der Waals surface area contributed by atoms with Crippen molar-refractivity contribution in [1.29, 1.82) is 0 Å². The summed E-state index contributed by atoms with van der Waals surface area (Å²) in [6, 6.07) is 14.3. The van der Waals surface area contributed by atoms with Crippen molar-refractivity contribution in [2.75, 3.05) is 11.9 Å². The van der Waals surface area contributed by atoms with Crippen LogP contribution >= 0.6 is 0 Å². The Bertz CT molecular complexity index is 934. The topological polar surface area (TPSA) is 75.6 Å². The molecule has 0 unspecified atom stereocenters. The summed E-state index contributed by atoms with van der Waals surface area (Å²) < 4.78 is 5.33. The van der Waals surface area contributed by atoms with Crippen LogP contribution in [0.15, 0.2) is 60.7 Å². The molecule has 28 heavy (non-hydrogen) atoms. The molecule has 1 aliphatic carbocycles. The van der Waals surface area contributed by atoms with E-state index in [2.05, 4.69) is 11.9 Å². The molecule has 5 heteroatoms. The molecule has 1 heterocycles. The number of hydrogen-bond acceptors (Lipinski definition) is 4. The highest BCUT2D eigenvalue weighted by Crippen LogP contribution is 2.52. The van der Waals surface area contributed by atoms with Crippen LogP contribution in [0.2, 0.25) is 0 Å². The molecule has 4 rings (SSSR count). The Labute approximate surface area is 164 Å². The largest absolute Gasteiger partial charge is 0.508 e. The lowest BCUT2D eigenvalue weighted by Crippen LogP contribution is -2.31. The first-order chi connectivity index (χ1) is 13.4. The van der Waals surface area contributed by atoms with Crippen LogP contribution in [0.5, 0.6) is 5.75 Å². The number of rotatable bonds is 5. The number of allylic oxidation sites excluding steroid dienone is 1. The minimum Gasteiger partial charge on any atom is -0.508 e. The van der Waals surface area contributed by atoms with Crippen molar-refractivity contribution in [3.63, 3.8) is 0 Å². The summed E-state index contributed by atoms with van der Waals surface area (Å²) >= 11 is 0. The third-order valence-corrected chi connectivity index (χ3v) is 5.74. The summed E-state index contributed by atoms with van der Waals surface area (Å²) in [7, 11) is 0. The zero-order valence-electron chi connectivity index (χ0n) is 15.6. The van der Waals surface area contributed by atoms with Gasteiger partial charge in [0.1, 0.15) is 5.75 Å². The van der Waals surface area contributed by atoms with Crippen LogP contribution in [-0.4, -0.2) is 23.6 Å². The van der Waals surface area contributed by atoms with Crippen molar-refractivity contribution in [3.8, 4) is 5.75 Å². The summed E-state index contributed by atoms with van der Waals surface area (Å²) in [6.07, 6.45) is 2.37. The molecule has 0 bridgehead atoms. The Kier molecular flexibility index (Phi) is 4.67. The Morgan fingerprint density at radius 1 is 1.21 bits per heavy atom. The van der Waals surface area contributed by atoms with E-state index in [0.29, 0.717) is 25.1 Å². The summed E-state index contributed by atoms with van der Waals surface area (Å²) in [5, 5.41) is 12.4. The maximum absolute atomic E-state index is 12.4. The third-order valence-electron chi connectivity index (χ3n) is 5.74. The molecule has 2 aromatic carbocycles. The van der Waals surface area contributed by atoms with Gasteiger partial charge < -0.3 is 15.2 Å². The second kappa shape index (κ2) is 7.15. The van der Waals surface area contributed by atoms with Gasteiger partial charge in [0, 0.05) is 11.6 Å². The number of amides is 1. The van der Waals surface area contributed by atoms with Crippen molar-refractivity contribution in [2.45, 2.75) is 25.7 Å². The fraction of sp³-hybridized carbons (Fsp3) is 0.304. The maximum atomic E-state index is 12.4. The normalized spacial score (nSPS) is 23.4. The van der Waals surface area contributed by atoms with Crippen molar-refractivity contribution < 1.29 is 19.4 Å². The van der Waals surface area contributed by atoms with Crippen molar-refractivity contribution in [2.24, 2.45) is 11.3 Å². The van der Waals surface area contributed by atoms with Crippen LogP contribution < -0.4 is 5.32 Å². The second-order valence-corrected chi connectivity index (χ2v) is 7.85. The molecule has 2 fully saturated rings. The molecular formula is C23H23NO4. The molecular weight excluding hydrogens is 354 g/mol. The summed E-state index contributed by atoms with van der Waals surface area (Å²) in [5.41, 5.74) is 3.15. The molecule has 2 N–H and O–H groups in total. The molecule has 2 atom stereocenters. The summed E-state index contributed by atoms with van der Waals surface area (Å²) in [5.74, 6) is 0.102. The predicted molar refractivity (Wildman–Crippen MR) is 106 cm³/mol. The van der Waals surface area contributed by atoms with E-state index in [4.69, 9.17) is 4.74 Å². The van der Waals surface area contributed by atoms with Gasteiger partial charge in [-0.05, 0) is 54.7 Å². The SMILES string of the molecule is C=C1C[C@@H]2COC(=O)[C@]2(Cc2ccc(NC(=O)Cc3cccc(O)c3)cc2)C1. The number of hydrogen-bond donors (Lipinski definition) is 2. The Balaban J connectivity index is 1.41. The van der Waals surface area contributed by atoms with Crippen molar-refractivity contribution >= 4 is 17.6 Å². The minimum absolute atomic E-state index is 0.111. The fourth-order valence-electron chi connectivity index (χ4n) is 4.39. The van der Waals surface area contributed by atoms with Gasteiger partial charge in [-0.2, -0.15) is 0 Å². The highest BCUT2D eigenvalue weighted by molar-refractivity contribution is 5.92. The maximum Gasteiger partial charge on any atom is 0.313 e. The van der Waals surface area contributed by atoms with Gasteiger partial charge in [-0.15, -0.1) is 0 Å².